The average molecular weight is 270 g/mol. The minimum Gasteiger partial charge on any atom is -0.479 e. The van der Waals surface area contributed by atoms with Gasteiger partial charge in [0, 0.05) is 5.41 Å². The summed E-state index contributed by atoms with van der Waals surface area (Å²) in [6, 6.07) is 8.44. The van der Waals surface area contributed by atoms with Crippen LogP contribution >= 0.6 is 0 Å². The number of carboxylic acid groups (broad SMARTS) is 1. The van der Waals surface area contributed by atoms with Crippen molar-refractivity contribution < 1.29 is 15.0 Å². The zero-order valence-corrected chi connectivity index (χ0v) is 11.6. The van der Waals surface area contributed by atoms with Gasteiger partial charge < -0.3 is 10.2 Å². The summed E-state index contributed by atoms with van der Waals surface area (Å²) in [6.45, 7) is 4.03. The van der Waals surface area contributed by atoms with Crippen LogP contribution in [0.5, 0.6) is 0 Å². The van der Waals surface area contributed by atoms with Crippen LogP contribution in [0.3, 0.4) is 0 Å². The van der Waals surface area contributed by atoms with E-state index in [1.54, 1.807) is 48.6 Å². The molecular formula is C17H18O3. The zero-order valence-electron chi connectivity index (χ0n) is 11.6. The summed E-state index contributed by atoms with van der Waals surface area (Å²) >= 11 is 0. The number of allylic oxidation sites excluding steroid dienone is 4. The van der Waals surface area contributed by atoms with Gasteiger partial charge in [0.2, 0.25) is 5.60 Å². The number of carbonyl (C=O) groups is 1. The summed E-state index contributed by atoms with van der Waals surface area (Å²) in [6.07, 6.45) is 8.96. The van der Waals surface area contributed by atoms with E-state index in [4.69, 9.17) is 0 Å². The number of hydrogen-bond donors (Lipinski definition) is 2. The normalized spacial score (nSPS) is 19.9. The summed E-state index contributed by atoms with van der Waals surface area (Å²) in [5.41, 5.74) is -1.52. The van der Waals surface area contributed by atoms with E-state index in [9.17, 15) is 15.0 Å². The maximum Gasteiger partial charge on any atom is 0.345 e. The fourth-order valence-corrected chi connectivity index (χ4v) is 2.15. The molecule has 1 aromatic carbocycles. The van der Waals surface area contributed by atoms with Gasteiger partial charge in [0.15, 0.2) is 0 Å². The fourth-order valence-electron chi connectivity index (χ4n) is 2.15. The molecule has 0 bridgehead atoms. The summed E-state index contributed by atoms with van der Waals surface area (Å²) in [5.74, 6) is -1.28. The molecule has 1 unspecified atom stereocenters. The molecule has 3 heteroatoms. The lowest BCUT2D eigenvalue weighted by molar-refractivity contribution is -0.155. The van der Waals surface area contributed by atoms with Crippen LogP contribution in [0.2, 0.25) is 0 Å². The smallest absolute Gasteiger partial charge is 0.345 e. The van der Waals surface area contributed by atoms with Gasteiger partial charge in [0.1, 0.15) is 0 Å². The number of carboxylic acids is 1. The molecule has 0 fully saturated rings. The molecule has 0 aromatic heterocycles. The molecule has 0 heterocycles. The highest BCUT2D eigenvalue weighted by Gasteiger charge is 2.41. The zero-order chi connectivity index (χ0) is 14.8. The van der Waals surface area contributed by atoms with Crippen molar-refractivity contribution in [3.63, 3.8) is 0 Å². The Balaban J connectivity index is 2.54. The van der Waals surface area contributed by atoms with E-state index in [1.807, 2.05) is 26.0 Å². The van der Waals surface area contributed by atoms with E-state index in [2.05, 4.69) is 0 Å². The summed E-state index contributed by atoms with van der Waals surface area (Å²) in [5, 5.41) is 20.2. The van der Waals surface area contributed by atoms with Gasteiger partial charge in [-0.2, -0.15) is 0 Å². The number of benzene rings is 1. The summed E-state index contributed by atoms with van der Waals surface area (Å²) in [7, 11) is 0. The van der Waals surface area contributed by atoms with Crippen LogP contribution in [0, 0.1) is 5.41 Å². The topological polar surface area (TPSA) is 57.5 Å². The molecule has 1 aromatic rings. The Morgan fingerprint density at radius 2 is 1.80 bits per heavy atom. The first-order valence-electron chi connectivity index (χ1n) is 6.47. The number of aliphatic carboxylic acids is 1. The Hall–Kier alpha value is -2.13. The van der Waals surface area contributed by atoms with Crippen molar-refractivity contribution in [1.29, 1.82) is 0 Å². The predicted molar refractivity (Wildman–Crippen MR) is 78.1 cm³/mol. The first kappa shape index (κ1) is 14.3. The summed E-state index contributed by atoms with van der Waals surface area (Å²) in [4.78, 5) is 11.6. The minimum absolute atomic E-state index is 0.172. The maximum atomic E-state index is 11.6. The van der Waals surface area contributed by atoms with Crippen molar-refractivity contribution >= 4 is 5.97 Å². The third-order valence-electron chi connectivity index (χ3n) is 3.41. The van der Waals surface area contributed by atoms with Crippen molar-refractivity contribution in [2.75, 3.05) is 0 Å². The Kier molecular flexibility index (Phi) is 3.64. The second kappa shape index (κ2) is 5.10. The Morgan fingerprint density at radius 1 is 1.15 bits per heavy atom. The highest BCUT2D eigenvalue weighted by molar-refractivity contribution is 5.84. The van der Waals surface area contributed by atoms with Gasteiger partial charge in [-0.15, -0.1) is 0 Å². The van der Waals surface area contributed by atoms with Crippen molar-refractivity contribution in [3.05, 3.63) is 71.8 Å². The van der Waals surface area contributed by atoms with Crippen LogP contribution in [-0.2, 0) is 10.4 Å². The van der Waals surface area contributed by atoms with Crippen molar-refractivity contribution in [2.45, 2.75) is 19.4 Å². The van der Waals surface area contributed by atoms with Crippen LogP contribution in [0.4, 0.5) is 0 Å². The van der Waals surface area contributed by atoms with Crippen LogP contribution in [0.25, 0.3) is 0 Å². The molecule has 1 aliphatic rings. The molecule has 0 saturated carbocycles. The molecule has 2 N–H and O–H groups in total. The Bertz CT molecular complexity index is 594. The number of rotatable bonds is 3. The van der Waals surface area contributed by atoms with Crippen molar-refractivity contribution in [2.24, 2.45) is 5.41 Å². The minimum atomic E-state index is -2.04. The van der Waals surface area contributed by atoms with Crippen molar-refractivity contribution in [1.82, 2.24) is 0 Å². The maximum absolute atomic E-state index is 11.6. The lowest BCUT2D eigenvalue weighted by Crippen LogP contribution is -2.37. The van der Waals surface area contributed by atoms with E-state index in [0.29, 0.717) is 11.1 Å². The first-order chi connectivity index (χ1) is 9.36. The van der Waals surface area contributed by atoms with Crippen LogP contribution < -0.4 is 0 Å². The SMILES string of the molecule is CC1(C)C=CC=C(C(O)(C(=O)O)c2ccccc2)C=C1. The standard InChI is InChI=1S/C17H18O3/c1-16(2)11-6-9-14(10-12-16)17(20,15(18)19)13-7-4-3-5-8-13/h3-12,20H,1-2H3,(H,18,19). The number of aliphatic hydroxyl groups is 1. The van der Waals surface area contributed by atoms with Crippen LogP contribution in [-0.4, -0.2) is 16.2 Å². The van der Waals surface area contributed by atoms with Crippen LogP contribution in [0.1, 0.15) is 19.4 Å². The van der Waals surface area contributed by atoms with Gasteiger partial charge in [-0.1, -0.05) is 74.6 Å². The largest absolute Gasteiger partial charge is 0.479 e. The quantitative estimate of drug-likeness (QED) is 0.887. The van der Waals surface area contributed by atoms with E-state index in [-0.39, 0.29) is 5.41 Å². The molecule has 0 radical (unpaired) electrons. The molecule has 1 atom stereocenters. The van der Waals surface area contributed by atoms with Gasteiger partial charge in [-0.3, -0.25) is 0 Å². The molecule has 0 spiro atoms. The van der Waals surface area contributed by atoms with E-state index in [0.717, 1.165) is 0 Å². The molecular weight excluding hydrogens is 252 g/mol. The van der Waals surface area contributed by atoms with Gasteiger partial charge in [0.05, 0.1) is 0 Å². The van der Waals surface area contributed by atoms with E-state index in [1.165, 1.54) is 0 Å². The molecule has 3 nitrogen and oxygen atoms in total. The predicted octanol–water partition coefficient (Wildman–Crippen LogP) is 3.04. The van der Waals surface area contributed by atoms with Gasteiger partial charge in [0.25, 0.3) is 0 Å². The Labute approximate surface area is 118 Å². The highest BCUT2D eigenvalue weighted by Crippen LogP contribution is 2.34. The molecule has 0 aliphatic heterocycles. The molecule has 20 heavy (non-hydrogen) atoms. The fraction of sp³-hybridized carbons (Fsp3) is 0.235. The van der Waals surface area contributed by atoms with Crippen molar-refractivity contribution in [3.8, 4) is 0 Å². The molecule has 104 valence electrons. The molecule has 1 aliphatic carbocycles. The second-order valence-electron chi connectivity index (χ2n) is 5.52. The third-order valence-corrected chi connectivity index (χ3v) is 3.41. The monoisotopic (exact) mass is 270 g/mol. The molecule has 0 saturated heterocycles. The lowest BCUT2D eigenvalue weighted by atomic mass is 9.85. The summed E-state index contributed by atoms with van der Waals surface area (Å²) < 4.78 is 0. The third kappa shape index (κ3) is 2.58. The van der Waals surface area contributed by atoms with Gasteiger partial charge in [-0.05, 0) is 11.1 Å². The Morgan fingerprint density at radius 3 is 2.40 bits per heavy atom. The van der Waals surface area contributed by atoms with Gasteiger partial charge in [-0.25, -0.2) is 4.79 Å². The average Bonchev–Trinajstić information content (AvgIpc) is 2.60. The van der Waals surface area contributed by atoms with E-state index < -0.39 is 11.6 Å². The molecule has 2 rings (SSSR count). The lowest BCUT2D eigenvalue weighted by Gasteiger charge is -2.25. The van der Waals surface area contributed by atoms with E-state index >= 15 is 0 Å². The van der Waals surface area contributed by atoms with Crippen LogP contribution in [0.15, 0.2) is 66.3 Å². The molecule has 0 amide bonds. The van der Waals surface area contributed by atoms with Gasteiger partial charge >= 0.3 is 5.97 Å². The first-order valence-corrected chi connectivity index (χ1v) is 6.47. The number of hydrogen-bond acceptors (Lipinski definition) is 2. The second-order valence-corrected chi connectivity index (χ2v) is 5.52. The highest BCUT2D eigenvalue weighted by atomic mass is 16.4.